The molecule has 0 radical (unpaired) electrons. The monoisotopic (exact) mass is 215 g/mol. The van der Waals surface area contributed by atoms with Crippen LogP contribution in [0.5, 0.6) is 0 Å². The minimum atomic E-state index is -0.207. The summed E-state index contributed by atoms with van der Waals surface area (Å²) in [6.45, 7) is 6.34. The Morgan fingerprint density at radius 1 is 1.60 bits per heavy atom. The number of hydrogen-bond acceptors (Lipinski definition) is 4. The number of epoxide rings is 1. The molecular weight excluding hydrogens is 194 g/mol. The van der Waals surface area contributed by atoms with Gasteiger partial charge >= 0.3 is 5.97 Å². The summed E-state index contributed by atoms with van der Waals surface area (Å²) >= 11 is 0. The van der Waals surface area contributed by atoms with Crippen molar-refractivity contribution in [2.45, 2.75) is 57.8 Å². The van der Waals surface area contributed by atoms with Gasteiger partial charge in [-0.2, -0.15) is 0 Å². The predicted molar refractivity (Wildman–Crippen MR) is 57.4 cm³/mol. The highest BCUT2D eigenvalue weighted by molar-refractivity contribution is 5.70. The van der Waals surface area contributed by atoms with E-state index in [1.165, 1.54) is 0 Å². The van der Waals surface area contributed by atoms with Crippen molar-refractivity contribution in [1.82, 2.24) is 0 Å². The first kappa shape index (κ1) is 12.5. The fraction of sp³-hybridized carbons (Fsp3) is 0.909. The Hall–Kier alpha value is -0.610. The highest BCUT2D eigenvalue weighted by Crippen LogP contribution is 2.38. The van der Waals surface area contributed by atoms with Gasteiger partial charge in [-0.05, 0) is 33.6 Å². The largest absolute Gasteiger partial charge is 0.466 e. The van der Waals surface area contributed by atoms with E-state index in [2.05, 4.69) is 13.8 Å². The van der Waals surface area contributed by atoms with Gasteiger partial charge < -0.3 is 15.2 Å². The van der Waals surface area contributed by atoms with Crippen LogP contribution in [0.1, 0.15) is 40.0 Å². The lowest BCUT2D eigenvalue weighted by molar-refractivity contribution is -0.143. The number of ether oxygens (including phenoxy) is 2. The normalized spacial score (nSPS) is 24.7. The zero-order valence-electron chi connectivity index (χ0n) is 9.79. The summed E-state index contributed by atoms with van der Waals surface area (Å²) in [6.07, 6.45) is 2.35. The molecule has 0 aromatic heterocycles. The van der Waals surface area contributed by atoms with Gasteiger partial charge in [0.25, 0.3) is 0 Å². The third-order valence-electron chi connectivity index (χ3n) is 2.70. The minimum absolute atomic E-state index is 0.0175. The second-order valence-corrected chi connectivity index (χ2v) is 4.56. The SMILES string of the molecule is CCOC(=O)C[C@@H](N)CCC1OC1(C)C. The van der Waals surface area contributed by atoms with Crippen molar-refractivity contribution in [1.29, 1.82) is 0 Å². The average Bonchev–Trinajstić information content (AvgIpc) is 2.71. The van der Waals surface area contributed by atoms with E-state index < -0.39 is 0 Å². The van der Waals surface area contributed by atoms with Crippen LogP contribution >= 0.6 is 0 Å². The third kappa shape index (κ3) is 4.18. The molecule has 0 aromatic carbocycles. The van der Waals surface area contributed by atoms with E-state index in [-0.39, 0.29) is 17.6 Å². The van der Waals surface area contributed by atoms with Gasteiger partial charge in [0.2, 0.25) is 0 Å². The van der Waals surface area contributed by atoms with Crippen molar-refractivity contribution >= 4 is 5.97 Å². The van der Waals surface area contributed by atoms with E-state index in [1.807, 2.05) is 0 Å². The van der Waals surface area contributed by atoms with E-state index in [9.17, 15) is 4.79 Å². The Bertz CT molecular complexity index is 228. The number of nitrogens with two attached hydrogens (primary N) is 1. The molecule has 15 heavy (non-hydrogen) atoms. The first-order valence-electron chi connectivity index (χ1n) is 5.54. The topological polar surface area (TPSA) is 64.8 Å². The molecule has 1 saturated heterocycles. The van der Waals surface area contributed by atoms with Gasteiger partial charge in [0.05, 0.1) is 24.7 Å². The highest BCUT2D eigenvalue weighted by Gasteiger charge is 2.47. The van der Waals surface area contributed by atoms with Gasteiger partial charge in [-0.3, -0.25) is 4.79 Å². The fourth-order valence-corrected chi connectivity index (χ4v) is 1.64. The average molecular weight is 215 g/mol. The summed E-state index contributed by atoms with van der Waals surface area (Å²) in [5.41, 5.74) is 5.83. The predicted octanol–water partition coefficient (Wildman–Crippen LogP) is 1.22. The summed E-state index contributed by atoms with van der Waals surface area (Å²) < 4.78 is 10.3. The molecular formula is C11H21NO3. The minimum Gasteiger partial charge on any atom is -0.466 e. The Morgan fingerprint density at radius 3 is 2.67 bits per heavy atom. The van der Waals surface area contributed by atoms with Gasteiger partial charge in [-0.1, -0.05) is 0 Å². The number of carbonyl (C=O) groups is 1. The lowest BCUT2D eigenvalue weighted by Crippen LogP contribution is -2.25. The number of rotatable bonds is 6. The third-order valence-corrected chi connectivity index (χ3v) is 2.70. The molecule has 1 unspecified atom stereocenters. The highest BCUT2D eigenvalue weighted by atomic mass is 16.6. The van der Waals surface area contributed by atoms with Crippen molar-refractivity contribution in [2.24, 2.45) is 5.73 Å². The van der Waals surface area contributed by atoms with Gasteiger partial charge in [0.1, 0.15) is 0 Å². The van der Waals surface area contributed by atoms with Crippen LogP contribution in [0.15, 0.2) is 0 Å². The molecule has 2 N–H and O–H groups in total. The molecule has 0 aromatic rings. The summed E-state index contributed by atoms with van der Waals surface area (Å²) in [5, 5.41) is 0. The van der Waals surface area contributed by atoms with Crippen LogP contribution in [0.3, 0.4) is 0 Å². The van der Waals surface area contributed by atoms with Crippen molar-refractivity contribution in [2.75, 3.05) is 6.61 Å². The quantitative estimate of drug-likeness (QED) is 0.534. The van der Waals surface area contributed by atoms with Gasteiger partial charge in [-0.25, -0.2) is 0 Å². The molecule has 2 atom stereocenters. The van der Waals surface area contributed by atoms with Gasteiger partial charge in [-0.15, -0.1) is 0 Å². The Morgan fingerprint density at radius 2 is 2.20 bits per heavy atom. The smallest absolute Gasteiger partial charge is 0.307 e. The molecule has 1 fully saturated rings. The number of esters is 1. The first-order valence-corrected chi connectivity index (χ1v) is 5.54. The molecule has 1 heterocycles. The van der Waals surface area contributed by atoms with Crippen LogP contribution in [0, 0.1) is 0 Å². The van der Waals surface area contributed by atoms with E-state index in [1.54, 1.807) is 6.92 Å². The molecule has 1 aliphatic rings. The van der Waals surface area contributed by atoms with Gasteiger partial charge in [0.15, 0.2) is 0 Å². The molecule has 4 nitrogen and oxygen atoms in total. The van der Waals surface area contributed by atoms with Crippen LogP contribution in [0.4, 0.5) is 0 Å². The second kappa shape index (κ2) is 4.94. The Balaban J connectivity index is 2.09. The molecule has 1 aliphatic heterocycles. The maximum absolute atomic E-state index is 11.1. The lowest BCUT2D eigenvalue weighted by atomic mass is 10.0. The lowest BCUT2D eigenvalue weighted by Gasteiger charge is -2.09. The summed E-state index contributed by atoms with van der Waals surface area (Å²) in [7, 11) is 0. The molecule has 88 valence electrons. The first-order chi connectivity index (χ1) is 6.95. The van der Waals surface area contributed by atoms with Gasteiger partial charge in [0, 0.05) is 6.04 Å². The number of hydrogen-bond donors (Lipinski definition) is 1. The molecule has 0 spiro atoms. The molecule has 0 saturated carbocycles. The van der Waals surface area contributed by atoms with Crippen LogP contribution in [0.2, 0.25) is 0 Å². The molecule has 0 aliphatic carbocycles. The maximum Gasteiger partial charge on any atom is 0.307 e. The molecule has 0 bridgehead atoms. The second-order valence-electron chi connectivity index (χ2n) is 4.56. The van der Waals surface area contributed by atoms with E-state index >= 15 is 0 Å². The van der Waals surface area contributed by atoms with Crippen LogP contribution in [-0.2, 0) is 14.3 Å². The maximum atomic E-state index is 11.1. The Labute approximate surface area is 91.1 Å². The molecule has 0 amide bonds. The Kier molecular flexibility index (Phi) is 4.11. The molecule has 1 rings (SSSR count). The molecule has 4 heteroatoms. The summed E-state index contributed by atoms with van der Waals surface area (Å²) in [6, 6.07) is -0.107. The summed E-state index contributed by atoms with van der Waals surface area (Å²) in [5.74, 6) is -0.207. The van der Waals surface area contributed by atoms with E-state index in [0.717, 1.165) is 12.8 Å². The standard InChI is InChI=1S/C11H21NO3/c1-4-14-10(13)7-8(12)5-6-9-11(2,3)15-9/h8-9H,4-7,12H2,1-3H3/t8-,9?/m0/s1. The van der Waals surface area contributed by atoms with Crippen LogP contribution in [0.25, 0.3) is 0 Å². The van der Waals surface area contributed by atoms with Crippen LogP contribution < -0.4 is 5.73 Å². The van der Waals surface area contributed by atoms with Crippen molar-refractivity contribution in [3.05, 3.63) is 0 Å². The van der Waals surface area contributed by atoms with Crippen LogP contribution in [-0.4, -0.2) is 30.3 Å². The summed E-state index contributed by atoms with van der Waals surface area (Å²) in [4.78, 5) is 11.1. The van der Waals surface area contributed by atoms with Crippen molar-refractivity contribution in [3.8, 4) is 0 Å². The number of carbonyl (C=O) groups excluding carboxylic acids is 1. The fourth-order valence-electron chi connectivity index (χ4n) is 1.64. The zero-order chi connectivity index (χ0) is 11.5. The van der Waals surface area contributed by atoms with Crippen molar-refractivity contribution < 1.29 is 14.3 Å². The van der Waals surface area contributed by atoms with E-state index in [0.29, 0.717) is 19.1 Å². The van der Waals surface area contributed by atoms with E-state index in [4.69, 9.17) is 15.2 Å². The van der Waals surface area contributed by atoms with Crippen molar-refractivity contribution in [3.63, 3.8) is 0 Å². The zero-order valence-corrected chi connectivity index (χ0v) is 9.79.